The summed E-state index contributed by atoms with van der Waals surface area (Å²) in [7, 11) is -3.12. The lowest BCUT2D eigenvalue weighted by atomic mass is 10.1. The van der Waals surface area contributed by atoms with Gasteiger partial charge in [-0.3, -0.25) is 14.9 Å². The van der Waals surface area contributed by atoms with Gasteiger partial charge in [-0.25, -0.2) is 8.42 Å². The van der Waals surface area contributed by atoms with E-state index in [-0.39, 0.29) is 17.2 Å². The Balaban J connectivity index is 2.07. The molecule has 7 nitrogen and oxygen atoms in total. The number of nitrogens with one attached hydrogen (secondary N) is 1. The van der Waals surface area contributed by atoms with E-state index in [1.165, 1.54) is 24.3 Å². The second kappa shape index (κ2) is 4.96. The molecule has 19 heavy (non-hydrogen) atoms. The van der Waals surface area contributed by atoms with Gasteiger partial charge in [0.25, 0.3) is 5.69 Å². The average Bonchev–Trinajstić information content (AvgIpc) is 2.70. The maximum absolute atomic E-state index is 11.8. The van der Waals surface area contributed by atoms with Crippen molar-refractivity contribution in [3.8, 4) is 0 Å². The number of hydrogen-bond acceptors (Lipinski definition) is 5. The smallest absolute Gasteiger partial charge is 0.271 e. The predicted molar refractivity (Wildman–Crippen MR) is 68.5 cm³/mol. The van der Waals surface area contributed by atoms with Gasteiger partial charge in [-0.2, -0.15) is 0 Å². The van der Waals surface area contributed by atoms with Gasteiger partial charge in [-0.1, -0.05) is 6.07 Å². The van der Waals surface area contributed by atoms with Gasteiger partial charge in [-0.15, -0.1) is 0 Å². The van der Waals surface area contributed by atoms with E-state index in [2.05, 4.69) is 5.32 Å². The molecule has 102 valence electrons. The van der Waals surface area contributed by atoms with Crippen LogP contribution in [0.1, 0.15) is 6.42 Å². The van der Waals surface area contributed by atoms with Gasteiger partial charge in [0, 0.05) is 17.8 Å². The van der Waals surface area contributed by atoms with Crippen LogP contribution in [0.5, 0.6) is 0 Å². The van der Waals surface area contributed by atoms with Crippen LogP contribution in [-0.2, 0) is 14.6 Å². The zero-order valence-electron chi connectivity index (χ0n) is 9.90. The Kier molecular flexibility index (Phi) is 3.52. The first-order chi connectivity index (χ1) is 8.87. The van der Waals surface area contributed by atoms with Crippen LogP contribution in [0.25, 0.3) is 0 Å². The second-order valence-corrected chi connectivity index (χ2v) is 6.63. The highest BCUT2D eigenvalue weighted by Crippen LogP contribution is 2.22. The van der Waals surface area contributed by atoms with Crippen molar-refractivity contribution >= 4 is 27.1 Å². The van der Waals surface area contributed by atoms with E-state index in [1.807, 2.05) is 0 Å². The van der Waals surface area contributed by atoms with Crippen LogP contribution in [0.4, 0.5) is 11.4 Å². The molecule has 0 bridgehead atoms. The molecule has 0 aromatic heterocycles. The molecule has 1 N–H and O–H groups in total. The lowest BCUT2D eigenvalue weighted by molar-refractivity contribution is -0.384. The van der Waals surface area contributed by atoms with E-state index in [9.17, 15) is 23.3 Å². The number of benzene rings is 1. The quantitative estimate of drug-likeness (QED) is 0.657. The first-order valence-electron chi connectivity index (χ1n) is 5.63. The highest BCUT2D eigenvalue weighted by molar-refractivity contribution is 7.91. The van der Waals surface area contributed by atoms with E-state index in [1.54, 1.807) is 0 Å². The Bertz CT molecular complexity index is 626. The van der Waals surface area contributed by atoms with Crippen molar-refractivity contribution in [2.45, 2.75) is 6.42 Å². The highest BCUT2D eigenvalue weighted by atomic mass is 32.2. The van der Waals surface area contributed by atoms with E-state index in [0.29, 0.717) is 12.1 Å². The molecular formula is C11H12N2O5S. The molecule has 1 aliphatic rings. The molecule has 0 spiro atoms. The first kappa shape index (κ1) is 13.5. The third-order valence-corrected chi connectivity index (χ3v) is 4.70. The van der Waals surface area contributed by atoms with Crippen molar-refractivity contribution in [2.75, 3.05) is 16.8 Å². The monoisotopic (exact) mass is 284 g/mol. The van der Waals surface area contributed by atoms with E-state index in [4.69, 9.17) is 0 Å². The maximum Gasteiger partial charge on any atom is 0.271 e. The first-order valence-corrected chi connectivity index (χ1v) is 7.45. The van der Waals surface area contributed by atoms with Gasteiger partial charge in [-0.05, 0) is 12.5 Å². The number of sulfone groups is 1. The molecule has 1 fully saturated rings. The van der Waals surface area contributed by atoms with Crippen molar-refractivity contribution in [3.05, 3.63) is 34.4 Å². The standard InChI is InChI=1S/C11H12N2O5S/c14-11(8-4-5-19(17,18)7-8)12-9-2-1-3-10(6-9)13(15)16/h1-3,6,8H,4-5,7H2,(H,12,14)/t8-/m1/s1. The minimum absolute atomic E-state index is 0.0139. The number of nitro benzene ring substituents is 1. The molecule has 1 heterocycles. The average molecular weight is 284 g/mol. The van der Waals surface area contributed by atoms with Crippen LogP contribution >= 0.6 is 0 Å². The molecule has 0 radical (unpaired) electrons. The van der Waals surface area contributed by atoms with Crippen molar-refractivity contribution < 1.29 is 18.1 Å². The summed E-state index contributed by atoms with van der Waals surface area (Å²) in [5.41, 5.74) is 0.167. The van der Waals surface area contributed by atoms with Crippen LogP contribution in [0.2, 0.25) is 0 Å². The molecule has 1 saturated heterocycles. The highest BCUT2D eigenvalue weighted by Gasteiger charge is 2.32. The summed E-state index contributed by atoms with van der Waals surface area (Å²) < 4.78 is 22.5. The minimum atomic E-state index is -3.12. The Hall–Kier alpha value is -1.96. The zero-order valence-corrected chi connectivity index (χ0v) is 10.7. The molecule has 1 aromatic carbocycles. The van der Waals surface area contributed by atoms with Crippen LogP contribution in [0.15, 0.2) is 24.3 Å². The molecule has 0 aliphatic carbocycles. The number of amides is 1. The number of anilines is 1. The summed E-state index contributed by atoms with van der Waals surface area (Å²) in [6.07, 6.45) is 0.295. The van der Waals surface area contributed by atoms with E-state index >= 15 is 0 Å². The van der Waals surface area contributed by atoms with Crippen LogP contribution in [0, 0.1) is 16.0 Å². The van der Waals surface area contributed by atoms with Gasteiger partial charge < -0.3 is 5.32 Å². The van der Waals surface area contributed by atoms with E-state index in [0.717, 1.165) is 0 Å². The van der Waals surface area contributed by atoms with Gasteiger partial charge >= 0.3 is 0 Å². The second-order valence-electron chi connectivity index (χ2n) is 4.40. The third kappa shape index (κ3) is 3.28. The largest absolute Gasteiger partial charge is 0.326 e. The van der Waals surface area contributed by atoms with Gasteiger partial charge in [0.2, 0.25) is 5.91 Å². The number of nitro groups is 1. The lowest BCUT2D eigenvalue weighted by Crippen LogP contribution is -2.23. The number of carbonyl (C=O) groups excluding carboxylic acids is 1. The number of hydrogen-bond donors (Lipinski definition) is 1. The maximum atomic E-state index is 11.8. The number of non-ortho nitro benzene ring substituents is 1. The molecule has 2 rings (SSSR count). The minimum Gasteiger partial charge on any atom is -0.326 e. The van der Waals surface area contributed by atoms with Crippen molar-refractivity contribution in [2.24, 2.45) is 5.92 Å². The third-order valence-electron chi connectivity index (χ3n) is 2.93. The summed E-state index contributed by atoms with van der Waals surface area (Å²) in [5, 5.41) is 13.1. The summed E-state index contributed by atoms with van der Waals surface area (Å²) in [6.45, 7) is 0. The Morgan fingerprint density at radius 2 is 2.16 bits per heavy atom. The number of carbonyl (C=O) groups is 1. The summed E-state index contributed by atoms with van der Waals surface area (Å²) in [5.74, 6) is -1.14. The fourth-order valence-corrected chi connectivity index (χ4v) is 3.68. The number of rotatable bonds is 3. The molecule has 0 unspecified atom stereocenters. The van der Waals surface area contributed by atoms with Crippen molar-refractivity contribution in [3.63, 3.8) is 0 Å². The molecule has 1 atom stereocenters. The molecule has 8 heteroatoms. The number of nitrogens with zero attached hydrogens (tertiary/aromatic N) is 1. The van der Waals surface area contributed by atoms with Gasteiger partial charge in [0.05, 0.1) is 22.3 Å². The zero-order chi connectivity index (χ0) is 14.0. The molecular weight excluding hydrogens is 272 g/mol. The molecule has 1 aromatic rings. The van der Waals surface area contributed by atoms with Gasteiger partial charge in [0.1, 0.15) is 0 Å². The Morgan fingerprint density at radius 3 is 2.74 bits per heavy atom. The summed E-state index contributed by atoms with van der Waals surface area (Å²) in [6, 6.07) is 5.53. The normalized spacial score (nSPS) is 20.9. The lowest BCUT2D eigenvalue weighted by Gasteiger charge is -2.09. The molecule has 1 amide bonds. The van der Waals surface area contributed by atoms with Crippen molar-refractivity contribution in [1.29, 1.82) is 0 Å². The van der Waals surface area contributed by atoms with Crippen LogP contribution in [0.3, 0.4) is 0 Å². The predicted octanol–water partition coefficient (Wildman–Crippen LogP) is 0.968. The fraction of sp³-hybridized carbons (Fsp3) is 0.364. The SMILES string of the molecule is O=C(Nc1cccc([N+](=O)[O-])c1)[C@@H]1CCS(=O)(=O)C1. The van der Waals surface area contributed by atoms with E-state index < -0.39 is 26.6 Å². The Labute approximate surface area is 109 Å². The molecule has 0 saturated carbocycles. The Morgan fingerprint density at radius 1 is 1.42 bits per heavy atom. The summed E-state index contributed by atoms with van der Waals surface area (Å²) >= 11 is 0. The van der Waals surface area contributed by atoms with Crippen LogP contribution in [-0.4, -0.2) is 30.8 Å². The van der Waals surface area contributed by atoms with Gasteiger partial charge in [0.15, 0.2) is 9.84 Å². The molecule has 1 aliphatic heterocycles. The van der Waals surface area contributed by atoms with Crippen molar-refractivity contribution in [1.82, 2.24) is 0 Å². The fourth-order valence-electron chi connectivity index (χ4n) is 1.94. The summed E-state index contributed by atoms with van der Waals surface area (Å²) in [4.78, 5) is 21.9. The van der Waals surface area contributed by atoms with Crippen LogP contribution < -0.4 is 5.32 Å². The topological polar surface area (TPSA) is 106 Å².